The SMILES string of the molecule is CN(C)c1ccc(C(F)(F)F)cc1NC(=O)N[C@H]1CCC[C@H]1O. The molecule has 2 atom stereocenters. The van der Waals surface area contributed by atoms with Crippen LogP contribution in [0.3, 0.4) is 0 Å². The van der Waals surface area contributed by atoms with Crippen molar-refractivity contribution in [3.05, 3.63) is 23.8 Å². The number of aliphatic hydroxyl groups is 1. The van der Waals surface area contributed by atoms with E-state index in [4.69, 9.17) is 0 Å². The van der Waals surface area contributed by atoms with Crippen LogP contribution < -0.4 is 15.5 Å². The summed E-state index contributed by atoms with van der Waals surface area (Å²) in [5, 5.41) is 14.7. The van der Waals surface area contributed by atoms with Gasteiger partial charge in [-0.2, -0.15) is 13.2 Å². The molecule has 128 valence electrons. The highest BCUT2D eigenvalue weighted by Gasteiger charge is 2.32. The fraction of sp³-hybridized carbons (Fsp3) is 0.533. The third-order valence-electron chi connectivity index (χ3n) is 3.85. The summed E-state index contributed by atoms with van der Waals surface area (Å²) in [7, 11) is 3.35. The van der Waals surface area contributed by atoms with E-state index in [0.29, 0.717) is 18.5 Å². The third-order valence-corrected chi connectivity index (χ3v) is 3.85. The van der Waals surface area contributed by atoms with Gasteiger partial charge in [-0.25, -0.2) is 4.79 Å². The predicted molar refractivity (Wildman–Crippen MR) is 81.6 cm³/mol. The highest BCUT2D eigenvalue weighted by atomic mass is 19.4. The Bertz CT molecular complexity index is 576. The Morgan fingerprint density at radius 2 is 2.00 bits per heavy atom. The van der Waals surface area contributed by atoms with Crippen LogP contribution in [0.4, 0.5) is 29.3 Å². The fourth-order valence-corrected chi connectivity index (χ4v) is 2.64. The molecule has 5 nitrogen and oxygen atoms in total. The molecule has 2 amide bonds. The van der Waals surface area contributed by atoms with Gasteiger partial charge in [-0.05, 0) is 37.5 Å². The van der Waals surface area contributed by atoms with Gasteiger partial charge in [0.15, 0.2) is 0 Å². The molecular formula is C15H20F3N3O2. The first-order valence-corrected chi connectivity index (χ1v) is 7.32. The van der Waals surface area contributed by atoms with Crippen LogP contribution in [0.2, 0.25) is 0 Å². The lowest BCUT2D eigenvalue weighted by Gasteiger charge is -2.21. The molecule has 2 rings (SSSR count). The first kappa shape index (κ1) is 17.4. The molecule has 1 fully saturated rings. The molecule has 1 saturated carbocycles. The summed E-state index contributed by atoms with van der Waals surface area (Å²) in [5.41, 5.74) is -0.311. The minimum absolute atomic E-state index is 0.0646. The van der Waals surface area contributed by atoms with E-state index in [2.05, 4.69) is 10.6 Å². The van der Waals surface area contributed by atoms with Crippen LogP contribution in [0.25, 0.3) is 0 Å². The van der Waals surface area contributed by atoms with Crippen LogP contribution in [-0.4, -0.2) is 37.4 Å². The normalized spacial score (nSPS) is 21.1. The van der Waals surface area contributed by atoms with Crippen molar-refractivity contribution in [1.29, 1.82) is 0 Å². The van der Waals surface area contributed by atoms with Crippen molar-refractivity contribution in [3.8, 4) is 0 Å². The molecular weight excluding hydrogens is 311 g/mol. The van der Waals surface area contributed by atoms with Crippen molar-refractivity contribution in [2.45, 2.75) is 37.6 Å². The Labute approximate surface area is 132 Å². The molecule has 0 bridgehead atoms. The van der Waals surface area contributed by atoms with Crippen molar-refractivity contribution >= 4 is 17.4 Å². The van der Waals surface area contributed by atoms with Gasteiger partial charge in [0.05, 0.1) is 29.1 Å². The summed E-state index contributed by atoms with van der Waals surface area (Å²) in [4.78, 5) is 13.6. The summed E-state index contributed by atoms with van der Waals surface area (Å²) in [6, 6.07) is 2.18. The molecule has 1 aromatic carbocycles. The maximum absolute atomic E-state index is 12.8. The molecule has 0 radical (unpaired) electrons. The number of nitrogens with zero attached hydrogens (tertiary/aromatic N) is 1. The number of anilines is 2. The summed E-state index contributed by atoms with van der Waals surface area (Å²) in [6.07, 6.45) is -3.04. The summed E-state index contributed by atoms with van der Waals surface area (Å²) < 4.78 is 38.5. The van der Waals surface area contributed by atoms with E-state index in [1.165, 1.54) is 6.07 Å². The first-order chi connectivity index (χ1) is 10.7. The number of carbonyl (C=O) groups excluding carboxylic acids is 1. The van der Waals surface area contributed by atoms with Gasteiger partial charge in [-0.3, -0.25) is 0 Å². The van der Waals surface area contributed by atoms with Crippen LogP contribution >= 0.6 is 0 Å². The average Bonchev–Trinajstić information content (AvgIpc) is 2.82. The predicted octanol–water partition coefficient (Wildman–Crippen LogP) is 2.81. The number of rotatable bonds is 3. The maximum Gasteiger partial charge on any atom is 0.416 e. The Balaban J connectivity index is 2.17. The van der Waals surface area contributed by atoms with E-state index >= 15 is 0 Å². The monoisotopic (exact) mass is 331 g/mol. The molecule has 0 saturated heterocycles. The lowest BCUT2D eigenvalue weighted by molar-refractivity contribution is -0.137. The maximum atomic E-state index is 12.8. The van der Waals surface area contributed by atoms with Crippen molar-refractivity contribution < 1.29 is 23.1 Å². The minimum Gasteiger partial charge on any atom is -0.391 e. The van der Waals surface area contributed by atoms with Gasteiger partial charge >= 0.3 is 12.2 Å². The van der Waals surface area contributed by atoms with Crippen molar-refractivity contribution in [3.63, 3.8) is 0 Å². The van der Waals surface area contributed by atoms with Crippen LogP contribution in [0.5, 0.6) is 0 Å². The number of halogens is 3. The zero-order valence-corrected chi connectivity index (χ0v) is 12.9. The van der Waals surface area contributed by atoms with Crippen LogP contribution in [0.1, 0.15) is 24.8 Å². The van der Waals surface area contributed by atoms with Gasteiger partial charge in [-0.1, -0.05) is 0 Å². The van der Waals surface area contributed by atoms with Crippen molar-refractivity contribution in [1.82, 2.24) is 5.32 Å². The standard InChI is InChI=1S/C15H20F3N3O2/c1-21(2)12-7-6-9(15(16,17)18)8-11(12)20-14(23)19-10-4-3-5-13(10)22/h6-8,10,13,22H,3-5H2,1-2H3,(H2,19,20,23)/t10-,13+/m0/s1. The number of hydrogen-bond acceptors (Lipinski definition) is 3. The average molecular weight is 331 g/mol. The van der Waals surface area contributed by atoms with E-state index in [-0.39, 0.29) is 11.7 Å². The Morgan fingerprint density at radius 3 is 2.52 bits per heavy atom. The number of aliphatic hydroxyl groups excluding tert-OH is 1. The number of carbonyl (C=O) groups is 1. The largest absolute Gasteiger partial charge is 0.416 e. The topological polar surface area (TPSA) is 64.6 Å². The lowest BCUT2D eigenvalue weighted by atomic mass is 10.1. The van der Waals surface area contributed by atoms with E-state index in [0.717, 1.165) is 18.6 Å². The quantitative estimate of drug-likeness (QED) is 0.798. The second kappa shape index (κ2) is 6.66. The van der Waals surface area contributed by atoms with E-state index in [9.17, 15) is 23.1 Å². The Kier molecular flexibility index (Phi) is 5.03. The van der Waals surface area contributed by atoms with Gasteiger partial charge in [0, 0.05) is 14.1 Å². The fourth-order valence-electron chi connectivity index (χ4n) is 2.64. The number of hydrogen-bond donors (Lipinski definition) is 3. The minimum atomic E-state index is -4.49. The molecule has 3 N–H and O–H groups in total. The van der Waals surface area contributed by atoms with Gasteiger partial charge in [0.2, 0.25) is 0 Å². The highest BCUT2D eigenvalue weighted by molar-refractivity contribution is 5.93. The van der Waals surface area contributed by atoms with Crippen LogP contribution in [0, 0.1) is 0 Å². The highest BCUT2D eigenvalue weighted by Crippen LogP contribution is 2.35. The number of alkyl halides is 3. The molecule has 0 aliphatic heterocycles. The third kappa shape index (κ3) is 4.28. The number of urea groups is 1. The van der Waals surface area contributed by atoms with E-state index < -0.39 is 23.9 Å². The Hall–Kier alpha value is -1.96. The molecule has 0 unspecified atom stereocenters. The zero-order chi connectivity index (χ0) is 17.2. The smallest absolute Gasteiger partial charge is 0.391 e. The van der Waals surface area contributed by atoms with Crippen molar-refractivity contribution in [2.75, 3.05) is 24.3 Å². The molecule has 0 spiro atoms. The molecule has 0 heterocycles. The summed E-state index contributed by atoms with van der Waals surface area (Å²) >= 11 is 0. The molecule has 23 heavy (non-hydrogen) atoms. The Morgan fingerprint density at radius 1 is 1.30 bits per heavy atom. The lowest BCUT2D eigenvalue weighted by Crippen LogP contribution is -2.42. The molecule has 0 aromatic heterocycles. The molecule has 1 aromatic rings. The van der Waals surface area contributed by atoms with Gasteiger partial charge in [-0.15, -0.1) is 0 Å². The zero-order valence-electron chi connectivity index (χ0n) is 12.9. The van der Waals surface area contributed by atoms with Gasteiger partial charge in [0.1, 0.15) is 0 Å². The second-order valence-electron chi connectivity index (χ2n) is 5.83. The van der Waals surface area contributed by atoms with E-state index in [1.807, 2.05) is 0 Å². The molecule has 1 aliphatic rings. The molecule has 8 heteroatoms. The molecule has 1 aliphatic carbocycles. The summed E-state index contributed by atoms with van der Waals surface area (Å²) in [6.45, 7) is 0. The van der Waals surface area contributed by atoms with Crippen LogP contribution in [0.15, 0.2) is 18.2 Å². The van der Waals surface area contributed by atoms with Gasteiger partial charge < -0.3 is 20.6 Å². The van der Waals surface area contributed by atoms with Gasteiger partial charge in [0.25, 0.3) is 0 Å². The summed E-state index contributed by atoms with van der Waals surface area (Å²) in [5.74, 6) is 0. The second-order valence-corrected chi connectivity index (χ2v) is 5.83. The number of benzene rings is 1. The van der Waals surface area contributed by atoms with Crippen molar-refractivity contribution in [2.24, 2.45) is 0 Å². The van der Waals surface area contributed by atoms with E-state index in [1.54, 1.807) is 19.0 Å². The number of nitrogens with one attached hydrogen (secondary N) is 2. The van der Waals surface area contributed by atoms with Crippen LogP contribution in [-0.2, 0) is 6.18 Å². The first-order valence-electron chi connectivity index (χ1n) is 7.32. The number of amides is 2.